The van der Waals surface area contributed by atoms with E-state index in [9.17, 15) is 18.0 Å². The van der Waals surface area contributed by atoms with Crippen molar-refractivity contribution in [2.24, 2.45) is 0 Å². The maximum atomic E-state index is 13.2. The van der Waals surface area contributed by atoms with Crippen molar-refractivity contribution < 1.29 is 27.5 Å². The molecular weight excluding hydrogens is 462 g/mol. The van der Waals surface area contributed by atoms with Crippen LogP contribution in [0.4, 0.5) is 0 Å². The Morgan fingerprint density at radius 2 is 1.68 bits per heavy atom. The number of carbonyl (C=O) groups is 2. The van der Waals surface area contributed by atoms with E-state index >= 15 is 0 Å². The summed E-state index contributed by atoms with van der Waals surface area (Å²) in [4.78, 5) is 26.1. The van der Waals surface area contributed by atoms with Gasteiger partial charge >= 0.3 is 11.9 Å². The molecule has 0 aliphatic heterocycles. The van der Waals surface area contributed by atoms with Crippen molar-refractivity contribution in [1.82, 2.24) is 24.9 Å². The van der Waals surface area contributed by atoms with Gasteiger partial charge in [-0.3, -0.25) is 9.59 Å². The summed E-state index contributed by atoms with van der Waals surface area (Å²) in [5.74, 6) is -3.11. The second kappa shape index (κ2) is 11.5. The fraction of sp³-hybridized carbons (Fsp3) is 0.591. The molecule has 2 atom stereocenters. The van der Waals surface area contributed by atoms with E-state index in [1.807, 2.05) is 6.92 Å². The summed E-state index contributed by atoms with van der Waals surface area (Å²) in [5.41, 5.74) is 0.872. The number of aryl methyl sites for hydroxylation is 1. The molecule has 1 aliphatic rings. The van der Waals surface area contributed by atoms with Gasteiger partial charge in [-0.15, -0.1) is 5.10 Å². The van der Waals surface area contributed by atoms with Gasteiger partial charge < -0.3 is 9.47 Å². The van der Waals surface area contributed by atoms with E-state index in [2.05, 4.69) is 20.2 Å². The predicted octanol–water partition coefficient (Wildman–Crippen LogP) is 2.04. The topological polar surface area (TPSA) is 142 Å². The zero-order chi connectivity index (χ0) is 24.7. The lowest BCUT2D eigenvalue weighted by Gasteiger charge is -2.27. The van der Waals surface area contributed by atoms with Gasteiger partial charge in [-0.05, 0) is 56.2 Å². The molecule has 0 amide bonds. The molecule has 12 heteroatoms. The lowest BCUT2D eigenvalue weighted by atomic mass is 9.94. The molecule has 0 radical (unpaired) electrons. The summed E-state index contributed by atoms with van der Waals surface area (Å²) in [7, 11) is -4.20. The van der Waals surface area contributed by atoms with Gasteiger partial charge in [0.25, 0.3) is 0 Å². The Morgan fingerprint density at radius 1 is 1.06 bits per heavy atom. The number of ether oxygens (including phenoxy) is 2. The van der Waals surface area contributed by atoms with Crippen LogP contribution in [0.25, 0.3) is 0 Å². The van der Waals surface area contributed by atoms with E-state index in [1.165, 1.54) is 16.8 Å². The highest BCUT2D eigenvalue weighted by Crippen LogP contribution is 2.31. The third-order valence-corrected chi connectivity index (χ3v) is 7.20. The van der Waals surface area contributed by atoms with Crippen LogP contribution in [0.15, 0.2) is 29.2 Å². The van der Waals surface area contributed by atoms with Crippen molar-refractivity contribution in [3.8, 4) is 0 Å². The van der Waals surface area contributed by atoms with Crippen LogP contribution in [0.1, 0.15) is 69.3 Å². The van der Waals surface area contributed by atoms with Crippen LogP contribution in [0.5, 0.6) is 0 Å². The van der Waals surface area contributed by atoms with Gasteiger partial charge in [0.05, 0.1) is 24.2 Å². The van der Waals surface area contributed by atoms with Gasteiger partial charge in [-0.25, -0.2) is 13.1 Å². The highest BCUT2D eigenvalue weighted by Gasteiger charge is 2.44. The molecule has 3 rings (SSSR count). The molecule has 1 N–H and O–H groups in total. The van der Waals surface area contributed by atoms with E-state index in [0.717, 1.165) is 37.7 Å². The molecule has 1 aromatic carbocycles. The number of hydrogen-bond donors (Lipinski definition) is 1. The van der Waals surface area contributed by atoms with Crippen LogP contribution in [0, 0.1) is 6.92 Å². The molecule has 11 nitrogen and oxygen atoms in total. The zero-order valence-corrected chi connectivity index (χ0v) is 20.5. The Bertz CT molecular complexity index is 1080. The summed E-state index contributed by atoms with van der Waals surface area (Å²) < 4.78 is 40.6. The standard InChI is InChI=1S/C22H31N5O6S/c1-4-32-21(28)18(20-23-25-26-27(20)16-9-7-6-8-10-16)19(22(29)33-5-2)24-34(30,31)17-13-11-15(3)12-14-17/h11-14,16,18-19,24H,4-10H2,1-3H3. The zero-order valence-electron chi connectivity index (χ0n) is 19.6. The second-order valence-electron chi connectivity index (χ2n) is 8.17. The van der Waals surface area contributed by atoms with E-state index in [1.54, 1.807) is 26.0 Å². The van der Waals surface area contributed by atoms with Crippen LogP contribution in [0.2, 0.25) is 0 Å². The van der Waals surface area contributed by atoms with Gasteiger partial charge in [-0.1, -0.05) is 37.0 Å². The summed E-state index contributed by atoms with van der Waals surface area (Å²) in [6.45, 7) is 5.06. The summed E-state index contributed by atoms with van der Waals surface area (Å²) in [5, 5.41) is 11.8. The van der Waals surface area contributed by atoms with E-state index in [0.29, 0.717) is 0 Å². The number of tetrazole rings is 1. The highest BCUT2D eigenvalue weighted by atomic mass is 32.2. The number of sulfonamides is 1. The van der Waals surface area contributed by atoms with Crippen molar-refractivity contribution in [3.63, 3.8) is 0 Å². The molecule has 0 bridgehead atoms. The quantitative estimate of drug-likeness (QED) is 0.492. The average Bonchev–Trinajstić information content (AvgIpc) is 3.29. The molecule has 1 aromatic heterocycles. The Balaban J connectivity index is 2.05. The molecular formula is C22H31N5O6S. The van der Waals surface area contributed by atoms with Crippen LogP contribution >= 0.6 is 0 Å². The normalized spacial score (nSPS) is 16.6. The molecule has 186 valence electrons. The molecule has 2 aromatic rings. The first-order chi connectivity index (χ1) is 16.3. The SMILES string of the molecule is CCOC(=O)C(NS(=O)(=O)c1ccc(C)cc1)C(C(=O)OCC)c1nnnn1C1CCCCC1. The van der Waals surface area contributed by atoms with Crippen LogP contribution in [0.3, 0.4) is 0 Å². The monoisotopic (exact) mass is 493 g/mol. The number of rotatable bonds is 10. The molecule has 1 heterocycles. The summed E-state index contributed by atoms with van der Waals surface area (Å²) in [6.07, 6.45) is 4.68. The number of nitrogens with one attached hydrogen (secondary N) is 1. The smallest absolute Gasteiger partial charge is 0.325 e. The number of benzene rings is 1. The first-order valence-corrected chi connectivity index (χ1v) is 13.0. The first kappa shape index (κ1) is 25.8. The lowest BCUT2D eigenvalue weighted by Crippen LogP contribution is -2.49. The number of esters is 2. The van der Waals surface area contributed by atoms with Crippen molar-refractivity contribution in [2.75, 3.05) is 13.2 Å². The first-order valence-electron chi connectivity index (χ1n) is 11.5. The van der Waals surface area contributed by atoms with Crippen molar-refractivity contribution in [2.45, 2.75) is 75.8 Å². The Morgan fingerprint density at radius 3 is 2.29 bits per heavy atom. The second-order valence-corrected chi connectivity index (χ2v) is 9.88. The van der Waals surface area contributed by atoms with Crippen molar-refractivity contribution in [1.29, 1.82) is 0 Å². The Kier molecular flexibility index (Phi) is 8.72. The number of aromatic nitrogens is 4. The maximum Gasteiger partial charge on any atom is 0.325 e. The van der Waals surface area contributed by atoms with Gasteiger partial charge in [-0.2, -0.15) is 4.72 Å². The van der Waals surface area contributed by atoms with Crippen molar-refractivity contribution >= 4 is 22.0 Å². The van der Waals surface area contributed by atoms with Crippen molar-refractivity contribution in [3.05, 3.63) is 35.7 Å². The largest absolute Gasteiger partial charge is 0.465 e. The minimum atomic E-state index is -4.20. The number of nitrogens with zero attached hydrogens (tertiary/aromatic N) is 4. The molecule has 0 saturated heterocycles. The number of carbonyl (C=O) groups excluding carboxylic acids is 2. The summed E-state index contributed by atoms with van der Waals surface area (Å²) >= 11 is 0. The fourth-order valence-electron chi connectivity index (χ4n) is 4.05. The van der Waals surface area contributed by atoms with Crippen LogP contribution in [-0.2, 0) is 29.1 Å². The predicted molar refractivity (Wildman–Crippen MR) is 121 cm³/mol. The summed E-state index contributed by atoms with van der Waals surface area (Å²) in [6, 6.07) is 4.43. The number of hydrogen-bond acceptors (Lipinski definition) is 9. The minimum absolute atomic E-state index is 0.00922. The maximum absolute atomic E-state index is 13.2. The fourth-order valence-corrected chi connectivity index (χ4v) is 5.25. The Labute approximate surface area is 199 Å². The molecule has 1 aliphatic carbocycles. The van der Waals surface area contributed by atoms with Gasteiger partial charge in [0.2, 0.25) is 10.0 Å². The van der Waals surface area contributed by atoms with Gasteiger partial charge in [0, 0.05) is 0 Å². The molecule has 2 unspecified atom stereocenters. The van der Waals surface area contributed by atoms with Crippen LogP contribution < -0.4 is 4.72 Å². The average molecular weight is 494 g/mol. The lowest BCUT2D eigenvalue weighted by molar-refractivity contribution is -0.154. The molecule has 1 saturated carbocycles. The van der Waals surface area contributed by atoms with E-state index in [-0.39, 0.29) is 30.0 Å². The third kappa shape index (κ3) is 5.98. The van der Waals surface area contributed by atoms with Crippen LogP contribution in [-0.4, -0.2) is 59.8 Å². The Hall–Kier alpha value is -2.86. The van der Waals surface area contributed by atoms with E-state index < -0.39 is 33.9 Å². The van der Waals surface area contributed by atoms with Gasteiger partial charge in [0.15, 0.2) is 5.82 Å². The van der Waals surface area contributed by atoms with Gasteiger partial charge in [0.1, 0.15) is 12.0 Å². The minimum Gasteiger partial charge on any atom is -0.465 e. The van der Waals surface area contributed by atoms with E-state index in [4.69, 9.17) is 9.47 Å². The highest BCUT2D eigenvalue weighted by molar-refractivity contribution is 7.89. The molecule has 0 spiro atoms. The molecule has 1 fully saturated rings. The molecule has 34 heavy (non-hydrogen) atoms. The third-order valence-electron chi connectivity index (χ3n) is 5.74.